The van der Waals surface area contributed by atoms with Gasteiger partial charge in [0.15, 0.2) is 6.61 Å². The number of nitrogens with two attached hydrogens (primary N) is 1. The molecule has 0 unspecified atom stereocenters. The van der Waals surface area contributed by atoms with Gasteiger partial charge in [-0.2, -0.15) is 0 Å². The molecular weight excluding hydrogens is 230 g/mol. The van der Waals surface area contributed by atoms with Crippen LogP contribution in [0.3, 0.4) is 0 Å². The molecule has 1 aromatic rings. The summed E-state index contributed by atoms with van der Waals surface area (Å²) in [6.07, 6.45) is 2.05. The summed E-state index contributed by atoms with van der Waals surface area (Å²) in [5, 5.41) is 10.2. The number of hydrogen-bond acceptors (Lipinski definition) is 3. The van der Waals surface area contributed by atoms with E-state index in [0.717, 1.165) is 12.8 Å². The van der Waals surface area contributed by atoms with Gasteiger partial charge in [0, 0.05) is 11.1 Å². The van der Waals surface area contributed by atoms with Crippen molar-refractivity contribution in [2.45, 2.75) is 25.3 Å². The van der Waals surface area contributed by atoms with Crippen LogP contribution in [0.15, 0.2) is 24.3 Å². The quantitative estimate of drug-likeness (QED) is 0.536. The van der Waals surface area contributed by atoms with Crippen LogP contribution in [0.25, 0.3) is 0 Å². The molecule has 1 aliphatic rings. The van der Waals surface area contributed by atoms with Crippen molar-refractivity contribution < 1.29 is 9.53 Å². The summed E-state index contributed by atoms with van der Waals surface area (Å²) in [6, 6.07) is 6.85. The van der Waals surface area contributed by atoms with Crippen LogP contribution in [-0.2, 0) is 4.79 Å². The molecule has 1 aromatic carbocycles. The van der Waals surface area contributed by atoms with Crippen molar-refractivity contribution in [2.24, 2.45) is 5.73 Å². The van der Waals surface area contributed by atoms with Gasteiger partial charge in [0.25, 0.3) is 5.91 Å². The summed E-state index contributed by atoms with van der Waals surface area (Å²) in [7, 11) is 0. The lowest BCUT2D eigenvalue weighted by Gasteiger charge is -2.12. The van der Waals surface area contributed by atoms with Crippen molar-refractivity contribution >= 4 is 11.7 Å². The van der Waals surface area contributed by atoms with E-state index in [1.807, 2.05) is 6.92 Å². The van der Waals surface area contributed by atoms with Gasteiger partial charge in [0.1, 0.15) is 11.6 Å². The van der Waals surface area contributed by atoms with Crippen molar-refractivity contribution in [2.75, 3.05) is 6.61 Å². The maximum absolute atomic E-state index is 11.6. The summed E-state index contributed by atoms with van der Waals surface area (Å²) in [5.74, 6) is 0.400. The number of carbonyl (C=O) groups is 1. The molecule has 1 saturated carbocycles. The molecule has 5 heteroatoms. The number of benzene rings is 1. The van der Waals surface area contributed by atoms with E-state index >= 15 is 0 Å². The number of ether oxygens (including phenoxy) is 1. The van der Waals surface area contributed by atoms with Gasteiger partial charge >= 0.3 is 0 Å². The Morgan fingerprint density at radius 3 is 2.89 bits per heavy atom. The molecule has 0 spiro atoms. The highest BCUT2D eigenvalue weighted by molar-refractivity contribution is 5.95. The lowest BCUT2D eigenvalue weighted by atomic mass is 10.2. The van der Waals surface area contributed by atoms with Crippen molar-refractivity contribution in [3.63, 3.8) is 0 Å². The number of rotatable bonds is 5. The van der Waals surface area contributed by atoms with Crippen LogP contribution in [0.5, 0.6) is 5.75 Å². The number of hydrogen-bond donors (Lipinski definition) is 3. The molecule has 18 heavy (non-hydrogen) atoms. The molecule has 0 aromatic heterocycles. The first-order valence-electron chi connectivity index (χ1n) is 5.87. The summed E-state index contributed by atoms with van der Waals surface area (Å²) in [4.78, 5) is 11.6. The molecule has 1 amide bonds. The minimum Gasteiger partial charge on any atom is -0.484 e. The van der Waals surface area contributed by atoms with E-state index in [4.69, 9.17) is 15.9 Å². The van der Waals surface area contributed by atoms with Crippen LogP contribution in [-0.4, -0.2) is 23.9 Å². The van der Waals surface area contributed by atoms with Crippen molar-refractivity contribution in [1.29, 1.82) is 5.41 Å². The first-order chi connectivity index (χ1) is 8.48. The van der Waals surface area contributed by atoms with Gasteiger partial charge in [-0.15, -0.1) is 0 Å². The predicted octanol–water partition coefficient (Wildman–Crippen LogP) is 1.02. The lowest BCUT2D eigenvalue weighted by Crippen LogP contribution is -2.37. The fraction of sp³-hybridized carbons (Fsp3) is 0.385. The number of amides is 1. The zero-order chi connectivity index (χ0) is 13.2. The highest BCUT2D eigenvalue weighted by atomic mass is 16.5. The molecule has 5 nitrogen and oxygen atoms in total. The molecule has 1 fully saturated rings. The zero-order valence-electron chi connectivity index (χ0n) is 10.3. The third-order valence-corrected chi connectivity index (χ3v) is 2.96. The number of nitrogens with one attached hydrogen (secondary N) is 2. The van der Waals surface area contributed by atoms with Crippen molar-refractivity contribution in [1.82, 2.24) is 5.32 Å². The van der Waals surface area contributed by atoms with Crippen LogP contribution < -0.4 is 15.8 Å². The Labute approximate surface area is 106 Å². The van der Waals surface area contributed by atoms with Gasteiger partial charge in [-0.25, -0.2) is 0 Å². The normalized spacial score (nSPS) is 15.8. The molecule has 0 radical (unpaired) electrons. The lowest BCUT2D eigenvalue weighted by molar-refractivity contribution is -0.123. The Kier molecular flexibility index (Phi) is 3.23. The van der Waals surface area contributed by atoms with E-state index in [9.17, 15) is 4.79 Å². The van der Waals surface area contributed by atoms with Gasteiger partial charge < -0.3 is 15.8 Å². The molecule has 0 aliphatic heterocycles. The van der Waals surface area contributed by atoms with E-state index in [1.165, 1.54) is 0 Å². The maximum Gasteiger partial charge on any atom is 0.258 e. The Bertz CT molecular complexity index is 481. The van der Waals surface area contributed by atoms with E-state index in [2.05, 4.69) is 5.32 Å². The highest BCUT2D eigenvalue weighted by Crippen LogP contribution is 2.34. The second-order valence-corrected chi connectivity index (χ2v) is 4.84. The number of carbonyl (C=O) groups excluding carboxylic acids is 1. The molecular formula is C13H17N3O2. The molecule has 0 bridgehead atoms. The molecule has 0 heterocycles. The average Bonchev–Trinajstić information content (AvgIpc) is 3.04. The fourth-order valence-corrected chi connectivity index (χ4v) is 1.59. The number of nitrogen functional groups attached to an aromatic ring is 1. The zero-order valence-corrected chi connectivity index (χ0v) is 10.3. The van der Waals surface area contributed by atoms with Gasteiger partial charge in [-0.05, 0) is 31.9 Å². The van der Waals surface area contributed by atoms with Crippen LogP contribution in [0.1, 0.15) is 25.3 Å². The fourth-order valence-electron chi connectivity index (χ4n) is 1.59. The van der Waals surface area contributed by atoms with Crippen LogP contribution >= 0.6 is 0 Å². The standard InChI is InChI=1S/C13H17N3O2/c1-13(5-6-13)16-11(17)8-18-10-4-2-3-9(7-10)12(14)15/h2-4,7H,5-6,8H2,1H3,(H3,14,15)(H,16,17). The Hall–Kier alpha value is -2.04. The molecule has 0 saturated heterocycles. The van der Waals surface area contributed by atoms with Gasteiger partial charge in [-0.1, -0.05) is 12.1 Å². The topological polar surface area (TPSA) is 88.2 Å². The first-order valence-corrected chi connectivity index (χ1v) is 5.87. The van der Waals surface area contributed by atoms with Gasteiger partial charge in [0.05, 0.1) is 0 Å². The second-order valence-electron chi connectivity index (χ2n) is 4.84. The Morgan fingerprint density at radius 1 is 1.56 bits per heavy atom. The van der Waals surface area contributed by atoms with Crippen LogP contribution in [0.2, 0.25) is 0 Å². The monoisotopic (exact) mass is 247 g/mol. The van der Waals surface area contributed by atoms with E-state index in [0.29, 0.717) is 11.3 Å². The first kappa shape index (κ1) is 12.4. The van der Waals surface area contributed by atoms with E-state index in [1.54, 1.807) is 24.3 Å². The Morgan fingerprint density at radius 2 is 2.28 bits per heavy atom. The van der Waals surface area contributed by atoms with E-state index < -0.39 is 0 Å². The summed E-state index contributed by atoms with van der Waals surface area (Å²) >= 11 is 0. The highest BCUT2D eigenvalue weighted by Gasteiger charge is 2.38. The smallest absolute Gasteiger partial charge is 0.258 e. The number of amidine groups is 1. The van der Waals surface area contributed by atoms with Crippen molar-refractivity contribution in [3.05, 3.63) is 29.8 Å². The molecule has 1 aliphatic carbocycles. The SMILES string of the molecule is CC1(NC(=O)COc2cccc(C(=N)N)c2)CC1. The second kappa shape index (κ2) is 4.68. The molecule has 4 N–H and O–H groups in total. The minimum absolute atomic E-state index is 0.0169. The van der Waals surface area contributed by atoms with Crippen LogP contribution in [0, 0.1) is 5.41 Å². The third-order valence-electron chi connectivity index (χ3n) is 2.96. The summed E-state index contributed by atoms with van der Waals surface area (Å²) < 4.78 is 5.37. The van der Waals surface area contributed by atoms with Crippen LogP contribution in [0.4, 0.5) is 0 Å². The maximum atomic E-state index is 11.6. The summed E-state index contributed by atoms with van der Waals surface area (Å²) in [6.45, 7) is 2.00. The molecule has 0 atom stereocenters. The summed E-state index contributed by atoms with van der Waals surface area (Å²) in [5.41, 5.74) is 5.94. The largest absolute Gasteiger partial charge is 0.484 e. The Balaban J connectivity index is 1.87. The van der Waals surface area contributed by atoms with Gasteiger partial charge in [0.2, 0.25) is 0 Å². The average molecular weight is 247 g/mol. The van der Waals surface area contributed by atoms with Crippen molar-refractivity contribution in [3.8, 4) is 5.75 Å². The van der Waals surface area contributed by atoms with E-state index in [-0.39, 0.29) is 23.9 Å². The third kappa shape index (κ3) is 3.23. The minimum atomic E-state index is -0.122. The van der Waals surface area contributed by atoms with Gasteiger partial charge in [-0.3, -0.25) is 10.2 Å². The predicted molar refractivity (Wildman–Crippen MR) is 68.7 cm³/mol. The molecule has 96 valence electrons. The molecule has 2 rings (SSSR count).